The Balaban J connectivity index is 1.53. The van der Waals surface area contributed by atoms with Crippen LogP contribution in [0.15, 0.2) is 52.9 Å². The SMILES string of the molecule is CCc1nnc(-c2ccc(OCC(=O)Nc3ccc(C(F)(F)F)cc3)cc2)o1. The lowest BCUT2D eigenvalue weighted by Gasteiger charge is -2.10. The maximum Gasteiger partial charge on any atom is 0.416 e. The van der Waals surface area contributed by atoms with Crippen LogP contribution in [-0.2, 0) is 17.4 Å². The molecule has 0 unspecified atom stereocenters. The third-order valence-electron chi connectivity index (χ3n) is 3.74. The lowest BCUT2D eigenvalue weighted by atomic mass is 10.2. The van der Waals surface area contributed by atoms with Crippen LogP contribution in [0.4, 0.5) is 18.9 Å². The molecule has 1 amide bonds. The number of benzene rings is 2. The van der Waals surface area contributed by atoms with Crippen LogP contribution in [-0.4, -0.2) is 22.7 Å². The highest BCUT2D eigenvalue weighted by atomic mass is 19.4. The molecular formula is C19H16F3N3O3. The van der Waals surface area contributed by atoms with Gasteiger partial charge in [0.15, 0.2) is 6.61 Å². The van der Waals surface area contributed by atoms with Crippen LogP contribution in [0.2, 0.25) is 0 Å². The minimum atomic E-state index is -4.42. The molecule has 6 nitrogen and oxygen atoms in total. The molecule has 3 aromatic rings. The second kappa shape index (κ2) is 8.12. The lowest BCUT2D eigenvalue weighted by molar-refractivity contribution is -0.137. The van der Waals surface area contributed by atoms with Crippen LogP contribution >= 0.6 is 0 Å². The summed E-state index contributed by atoms with van der Waals surface area (Å²) >= 11 is 0. The normalized spacial score (nSPS) is 11.3. The first-order valence-electron chi connectivity index (χ1n) is 8.38. The van der Waals surface area contributed by atoms with Crippen molar-refractivity contribution in [1.82, 2.24) is 10.2 Å². The lowest BCUT2D eigenvalue weighted by Crippen LogP contribution is -2.20. The number of aryl methyl sites for hydroxylation is 1. The van der Waals surface area contributed by atoms with Gasteiger partial charge in [-0.1, -0.05) is 6.92 Å². The van der Waals surface area contributed by atoms with Crippen molar-refractivity contribution < 1.29 is 27.1 Å². The maximum absolute atomic E-state index is 12.5. The Bertz CT molecular complexity index is 936. The van der Waals surface area contributed by atoms with E-state index in [1.54, 1.807) is 24.3 Å². The highest BCUT2D eigenvalue weighted by Crippen LogP contribution is 2.29. The molecule has 1 aromatic heterocycles. The Morgan fingerprint density at radius 1 is 1.07 bits per heavy atom. The van der Waals surface area contributed by atoms with Gasteiger partial charge in [0.2, 0.25) is 11.8 Å². The second-order valence-electron chi connectivity index (χ2n) is 5.79. The van der Waals surface area contributed by atoms with Gasteiger partial charge in [0, 0.05) is 17.7 Å². The number of nitrogens with zero attached hydrogens (tertiary/aromatic N) is 2. The van der Waals surface area contributed by atoms with E-state index in [4.69, 9.17) is 9.15 Å². The Hall–Kier alpha value is -3.36. The number of hydrogen-bond donors (Lipinski definition) is 1. The molecule has 1 heterocycles. The predicted octanol–water partition coefficient (Wildman–Crippen LogP) is 4.34. The second-order valence-corrected chi connectivity index (χ2v) is 5.79. The first kappa shape index (κ1) is 19.4. The number of hydrogen-bond acceptors (Lipinski definition) is 5. The molecule has 0 saturated carbocycles. The van der Waals surface area contributed by atoms with Gasteiger partial charge in [-0.05, 0) is 48.5 Å². The summed E-state index contributed by atoms with van der Waals surface area (Å²) in [5.74, 6) is 0.883. The highest BCUT2D eigenvalue weighted by molar-refractivity contribution is 5.91. The Kier molecular flexibility index (Phi) is 5.62. The summed E-state index contributed by atoms with van der Waals surface area (Å²) in [6.45, 7) is 1.62. The molecule has 0 atom stereocenters. The van der Waals surface area contributed by atoms with Crippen LogP contribution in [0.1, 0.15) is 18.4 Å². The molecular weight excluding hydrogens is 375 g/mol. The zero-order chi connectivity index (χ0) is 20.1. The monoisotopic (exact) mass is 391 g/mol. The largest absolute Gasteiger partial charge is 0.484 e. The van der Waals surface area contributed by atoms with E-state index in [-0.39, 0.29) is 12.3 Å². The minimum absolute atomic E-state index is 0.250. The fourth-order valence-electron chi connectivity index (χ4n) is 2.30. The number of carbonyl (C=O) groups excluding carboxylic acids is 1. The number of ether oxygens (including phenoxy) is 1. The number of rotatable bonds is 6. The van der Waals surface area contributed by atoms with Gasteiger partial charge in [-0.15, -0.1) is 10.2 Å². The average Bonchev–Trinajstić information content (AvgIpc) is 3.16. The van der Waals surface area contributed by atoms with Crippen molar-refractivity contribution in [3.05, 3.63) is 60.0 Å². The van der Waals surface area contributed by atoms with E-state index in [9.17, 15) is 18.0 Å². The quantitative estimate of drug-likeness (QED) is 0.677. The summed E-state index contributed by atoms with van der Waals surface area (Å²) in [5.41, 5.74) is 0.183. The van der Waals surface area contributed by atoms with Gasteiger partial charge < -0.3 is 14.5 Å². The van der Waals surface area contributed by atoms with Crippen molar-refractivity contribution in [1.29, 1.82) is 0 Å². The van der Waals surface area contributed by atoms with E-state index in [0.29, 0.717) is 29.5 Å². The van der Waals surface area contributed by atoms with Crippen LogP contribution in [0.3, 0.4) is 0 Å². The van der Waals surface area contributed by atoms with Gasteiger partial charge in [-0.2, -0.15) is 13.2 Å². The molecule has 0 bridgehead atoms. The van der Waals surface area contributed by atoms with E-state index in [0.717, 1.165) is 12.1 Å². The fourth-order valence-corrected chi connectivity index (χ4v) is 2.30. The summed E-state index contributed by atoms with van der Waals surface area (Å²) in [6.07, 6.45) is -3.78. The number of amides is 1. The fraction of sp³-hybridized carbons (Fsp3) is 0.211. The summed E-state index contributed by atoms with van der Waals surface area (Å²) in [7, 11) is 0. The molecule has 0 radical (unpaired) electrons. The van der Waals surface area contributed by atoms with Crippen molar-refractivity contribution in [3.8, 4) is 17.2 Å². The topological polar surface area (TPSA) is 77.2 Å². The van der Waals surface area contributed by atoms with Crippen molar-refractivity contribution in [3.63, 3.8) is 0 Å². The number of aromatic nitrogens is 2. The molecule has 2 aromatic carbocycles. The summed E-state index contributed by atoms with van der Waals surface area (Å²) < 4.78 is 48.4. The molecule has 0 aliphatic rings. The summed E-state index contributed by atoms with van der Waals surface area (Å²) in [4.78, 5) is 11.9. The maximum atomic E-state index is 12.5. The van der Waals surface area contributed by atoms with Gasteiger partial charge in [0.25, 0.3) is 5.91 Å². The van der Waals surface area contributed by atoms with Crippen molar-refractivity contribution in [2.24, 2.45) is 0 Å². The molecule has 0 fully saturated rings. The molecule has 0 aliphatic carbocycles. The van der Waals surface area contributed by atoms with E-state index < -0.39 is 17.6 Å². The van der Waals surface area contributed by atoms with Crippen molar-refractivity contribution in [2.45, 2.75) is 19.5 Å². The average molecular weight is 391 g/mol. The van der Waals surface area contributed by atoms with Gasteiger partial charge in [-0.3, -0.25) is 4.79 Å². The first-order chi connectivity index (χ1) is 13.3. The molecule has 9 heteroatoms. The molecule has 146 valence electrons. The van der Waals surface area contributed by atoms with E-state index in [1.807, 2.05) is 6.92 Å². The van der Waals surface area contributed by atoms with E-state index in [1.165, 1.54) is 12.1 Å². The van der Waals surface area contributed by atoms with Crippen LogP contribution in [0.25, 0.3) is 11.5 Å². The Morgan fingerprint density at radius 2 is 1.75 bits per heavy atom. The Morgan fingerprint density at radius 3 is 2.32 bits per heavy atom. The third kappa shape index (κ3) is 4.87. The standard InChI is InChI=1S/C19H16F3N3O3/c1-2-17-24-25-18(28-17)12-3-9-15(10-4-12)27-11-16(26)23-14-7-5-13(6-8-14)19(20,21)22/h3-10H,2,11H2,1H3,(H,23,26). The number of alkyl halides is 3. The van der Waals surface area contributed by atoms with Gasteiger partial charge in [-0.25, -0.2) is 0 Å². The summed E-state index contributed by atoms with van der Waals surface area (Å²) in [5, 5.41) is 10.3. The highest BCUT2D eigenvalue weighted by Gasteiger charge is 2.29. The van der Waals surface area contributed by atoms with Gasteiger partial charge in [0.1, 0.15) is 5.75 Å². The van der Waals surface area contributed by atoms with Crippen LogP contribution in [0.5, 0.6) is 5.75 Å². The molecule has 0 spiro atoms. The number of nitrogens with one attached hydrogen (secondary N) is 1. The van der Waals surface area contributed by atoms with Crippen molar-refractivity contribution in [2.75, 3.05) is 11.9 Å². The molecule has 0 saturated heterocycles. The molecule has 1 N–H and O–H groups in total. The summed E-state index contributed by atoms with van der Waals surface area (Å²) in [6, 6.07) is 10.9. The van der Waals surface area contributed by atoms with E-state index >= 15 is 0 Å². The molecule has 28 heavy (non-hydrogen) atoms. The van der Waals surface area contributed by atoms with Crippen molar-refractivity contribution >= 4 is 11.6 Å². The Labute approximate surface area is 158 Å². The first-order valence-corrected chi connectivity index (χ1v) is 8.38. The van der Waals surface area contributed by atoms with Gasteiger partial charge in [0.05, 0.1) is 5.56 Å². The van der Waals surface area contributed by atoms with Crippen LogP contribution in [0, 0.1) is 0 Å². The minimum Gasteiger partial charge on any atom is -0.484 e. The zero-order valence-corrected chi connectivity index (χ0v) is 14.8. The molecule has 0 aliphatic heterocycles. The third-order valence-corrected chi connectivity index (χ3v) is 3.74. The van der Waals surface area contributed by atoms with Crippen LogP contribution < -0.4 is 10.1 Å². The number of halogens is 3. The van der Waals surface area contributed by atoms with E-state index in [2.05, 4.69) is 15.5 Å². The van der Waals surface area contributed by atoms with Gasteiger partial charge >= 0.3 is 6.18 Å². The number of anilines is 1. The predicted molar refractivity (Wildman–Crippen MR) is 94.7 cm³/mol. The molecule has 3 rings (SSSR count). The number of carbonyl (C=O) groups is 1. The smallest absolute Gasteiger partial charge is 0.416 e. The zero-order valence-electron chi connectivity index (χ0n) is 14.8.